The standard InChI is InChI=1S/C12H24N2O3/c1-8(2)9(13-11(16)14(6)7)10(15)17-12(3,4)5/h8-9H,1-7H3,(H,13,16)/t9-/m0/s1. The molecule has 0 aliphatic heterocycles. The zero-order valence-electron chi connectivity index (χ0n) is 11.8. The number of carbonyl (C=O) groups excluding carboxylic acids is 2. The number of nitrogens with zero attached hydrogens (tertiary/aromatic N) is 1. The molecule has 5 heteroatoms. The second-order valence-electron chi connectivity index (χ2n) is 5.60. The van der Waals surface area contributed by atoms with Gasteiger partial charge in [-0.3, -0.25) is 0 Å². The molecular formula is C12H24N2O3. The second-order valence-corrected chi connectivity index (χ2v) is 5.60. The fraction of sp³-hybridized carbons (Fsp3) is 0.833. The minimum Gasteiger partial charge on any atom is -0.458 e. The van der Waals surface area contributed by atoms with Crippen LogP contribution < -0.4 is 5.32 Å². The Bertz CT molecular complexity index is 280. The van der Waals surface area contributed by atoms with Crippen molar-refractivity contribution in [2.24, 2.45) is 5.92 Å². The molecule has 0 saturated carbocycles. The van der Waals surface area contributed by atoms with Gasteiger partial charge >= 0.3 is 12.0 Å². The minimum atomic E-state index is -0.621. The van der Waals surface area contributed by atoms with E-state index in [0.717, 1.165) is 0 Å². The zero-order valence-corrected chi connectivity index (χ0v) is 11.8. The smallest absolute Gasteiger partial charge is 0.329 e. The molecule has 1 N–H and O–H groups in total. The molecule has 0 rings (SSSR count). The molecule has 0 aromatic carbocycles. The van der Waals surface area contributed by atoms with Gasteiger partial charge in [-0.1, -0.05) is 13.8 Å². The van der Waals surface area contributed by atoms with Gasteiger partial charge in [0.05, 0.1) is 0 Å². The van der Waals surface area contributed by atoms with Crippen LogP contribution in [-0.2, 0) is 9.53 Å². The van der Waals surface area contributed by atoms with E-state index in [9.17, 15) is 9.59 Å². The van der Waals surface area contributed by atoms with Crippen molar-refractivity contribution in [3.8, 4) is 0 Å². The summed E-state index contributed by atoms with van der Waals surface area (Å²) >= 11 is 0. The topological polar surface area (TPSA) is 58.6 Å². The van der Waals surface area contributed by atoms with Crippen molar-refractivity contribution < 1.29 is 14.3 Å². The lowest BCUT2D eigenvalue weighted by Crippen LogP contribution is -2.50. The fourth-order valence-electron chi connectivity index (χ4n) is 1.13. The molecule has 5 nitrogen and oxygen atoms in total. The third-order valence-corrected chi connectivity index (χ3v) is 2.01. The van der Waals surface area contributed by atoms with Crippen molar-refractivity contribution in [1.29, 1.82) is 0 Å². The molecule has 0 spiro atoms. The zero-order chi connectivity index (χ0) is 13.8. The lowest BCUT2D eigenvalue weighted by atomic mass is 10.0. The first-order valence-electron chi connectivity index (χ1n) is 5.75. The number of carbonyl (C=O) groups is 2. The predicted molar refractivity (Wildman–Crippen MR) is 66.7 cm³/mol. The molecular weight excluding hydrogens is 220 g/mol. The molecule has 0 unspecified atom stereocenters. The largest absolute Gasteiger partial charge is 0.458 e. The van der Waals surface area contributed by atoms with E-state index >= 15 is 0 Å². The minimum absolute atomic E-state index is 0.0197. The lowest BCUT2D eigenvalue weighted by molar-refractivity contribution is -0.158. The normalized spacial score (nSPS) is 13.2. The van der Waals surface area contributed by atoms with Gasteiger partial charge in [-0.2, -0.15) is 0 Å². The second kappa shape index (κ2) is 5.89. The highest BCUT2D eigenvalue weighted by Crippen LogP contribution is 2.12. The third-order valence-electron chi connectivity index (χ3n) is 2.01. The number of amides is 2. The molecule has 0 radical (unpaired) electrons. The van der Waals surface area contributed by atoms with Crippen LogP contribution in [0.1, 0.15) is 34.6 Å². The third kappa shape index (κ3) is 6.14. The monoisotopic (exact) mass is 244 g/mol. The highest BCUT2D eigenvalue weighted by atomic mass is 16.6. The molecule has 0 saturated heterocycles. The highest BCUT2D eigenvalue weighted by molar-refractivity contribution is 5.83. The first kappa shape index (κ1) is 15.7. The van der Waals surface area contributed by atoms with Gasteiger partial charge in [-0.05, 0) is 26.7 Å². The molecule has 2 amide bonds. The Morgan fingerprint density at radius 2 is 1.65 bits per heavy atom. The predicted octanol–water partition coefficient (Wildman–Crippen LogP) is 1.62. The van der Waals surface area contributed by atoms with Crippen molar-refractivity contribution in [1.82, 2.24) is 10.2 Å². The number of hydrogen-bond acceptors (Lipinski definition) is 3. The van der Waals surface area contributed by atoms with Crippen molar-refractivity contribution in [3.63, 3.8) is 0 Å². The van der Waals surface area contributed by atoms with E-state index in [2.05, 4.69) is 5.32 Å². The summed E-state index contributed by atoms with van der Waals surface area (Å²) in [4.78, 5) is 24.8. The van der Waals surface area contributed by atoms with Gasteiger partial charge in [-0.15, -0.1) is 0 Å². The molecule has 0 aliphatic carbocycles. The molecule has 17 heavy (non-hydrogen) atoms. The first-order chi connectivity index (χ1) is 7.54. The van der Waals surface area contributed by atoms with Crippen LogP contribution in [0, 0.1) is 5.92 Å². The van der Waals surface area contributed by atoms with Crippen LogP contribution >= 0.6 is 0 Å². The van der Waals surface area contributed by atoms with Crippen LogP contribution in [0.3, 0.4) is 0 Å². The maximum Gasteiger partial charge on any atom is 0.329 e. The summed E-state index contributed by atoms with van der Waals surface area (Å²) in [5.41, 5.74) is -0.549. The number of rotatable bonds is 3. The summed E-state index contributed by atoms with van der Waals surface area (Å²) in [5.74, 6) is -0.420. The Morgan fingerprint density at radius 3 is 1.94 bits per heavy atom. The van der Waals surface area contributed by atoms with E-state index in [0.29, 0.717) is 0 Å². The van der Waals surface area contributed by atoms with Crippen LogP contribution in [0.15, 0.2) is 0 Å². The summed E-state index contributed by atoms with van der Waals surface area (Å²) in [7, 11) is 3.25. The fourth-order valence-corrected chi connectivity index (χ4v) is 1.13. The summed E-state index contributed by atoms with van der Waals surface area (Å²) in [6.07, 6.45) is 0. The maximum atomic E-state index is 11.9. The van der Waals surface area contributed by atoms with Crippen LogP contribution in [0.25, 0.3) is 0 Å². The van der Waals surface area contributed by atoms with Gasteiger partial charge in [-0.25, -0.2) is 9.59 Å². The number of ether oxygens (including phenoxy) is 1. The highest BCUT2D eigenvalue weighted by Gasteiger charge is 2.29. The molecule has 1 atom stereocenters. The Kier molecular flexibility index (Phi) is 5.45. The van der Waals surface area contributed by atoms with E-state index < -0.39 is 17.6 Å². The Morgan fingerprint density at radius 1 is 1.18 bits per heavy atom. The van der Waals surface area contributed by atoms with E-state index in [1.807, 2.05) is 13.8 Å². The van der Waals surface area contributed by atoms with Gasteiger partial charge in [0, 0.05) is 14.1 Å². The van der Waals surface area contributed by atoms with Gasteiger partial charge in [0.1, 0.15) is 11.6 Å². The molecule has 0 aromatic heterocycles. The molecule has 100 valence electrons. The Labute approximate surface area is 103 Å². The van der Waals surface area contributed by atoms with Crippen LogP contribution in [0.2, 0.25) is 0 Å². The van der Waals surface area contributed by atoms with Crippen molar-refractivity contribution >= 4 is 12.0 Å². The number of hydrogen-bond donors (Lipinski definition) is 1. The van der Waals surface area contributed by atoms with Crippen molar-refractivity contribution in [2.45, 2.75) is 46.3 Å². The molecule has 0 bridgehead atoms. The molecule has 0 heterocycles. The summed E-state index contributed by atoms with van der Waals surface area (Å²) in [5, 5.41) is 2.65. The summed E-state index contributed by atoms with van der Waals surface area (Å²) in [6.45, 7) is 9.14. The average molecular weight is 244 g/mol. The summed E-state index contributed by atoms with van der Waals surface area (Å²) in [6, 6.07) is -0.918. The number of nitrogens with one attached hydrogen (secondary N) is 1. The lowest BCUT2D eigenvalue weighted by Gasteiger charge is -2.27. The van der Waals surface area contributed by atoms with Crippen LogP contribution in [-0.4, -0.2) is 42.6 Å². The Balaban J connectivity index is 4.64. The molecule has 0 fully saturated rings. The quantitative estimate of drug-likeness (QED) is 0.767. The Hall–Kier alpha value is -1.26. The summed E-state index contributed by atoms with van der Waals surface area (Å²) < 4.78 is 5.27. The number of esters is 1. The van der Waals surface area contributed by atoms with Crippen LogP contribution in [0.5, 0.6) is 0 Å². The number of urea groups is 1. The van der Waals surface area contributed by atoms with Gasteiger partial charge in [0.25, 0.3) is 0 Å². The van der Waals surface area contributed by atoms with E-state index in [4.69, 9.17) is 4.74 Å². The van der Waals surface area contributed by atoms with Crippen molar-refractivity contribution in [3.05, 3.63) is 0 Å². The van der Waals surface area contributed by atoms with E-state index in [1.54, 1.807) is 34.9 Å². The van der Waals surface area contributed by atoms with E-state index in [-0.39, 0.29) is 11.9 Å². The molecule has 0 aromatic rings. The van der Waals surface area contributed by atoms with E-state index in [1.165, 1.54) is 4.90 Å². The van der Waals surface area contributed by atoms with Crippen molar-refractivity contribution in [2.75, 3.05) is 14.1 Å². The van der Waals surface area contributed by atoms with Gasteiger partial charge < -0.3 is 15.0 Å². The maximum absolute atomic E-state index is 11.9. The molecule has 0 aliphatic rings. The first-order valence-corrected chi connectivity index (χ1v) is 5.75. The SMILES string of the molecule is CC(C)[C@H](NC(=O)N(C)C)C(=O)OC(C)(C)C. The average Bonchev–Trinajstić information content (AvgIpc) is 2.09. The van der Waals surface area contributed by atoms with Crippen LogP contribution in [0.4, 0.5) is 4.79 Å². The van der Waals surface area contributed by atoms with Gasteiger partial charge in [0.2, 0.25) is 0 Å². The van der Waals surface area contributed by atoms with Gasteiger partial charge in [0.15, 0.2) is 0 Å².